The Labute approximate surface area is 78.7 Å². The third kappa shape index (κ3) is 1.95. The van der Waals surface area contributed by atoms with E-state index in [9.17, 15) is 13.2 Å². The van der Waals surface area contributed by atoms with Gasteiger partial charge in [0.1, 0.15) is 5.69 Å². The van der Waals surface area contributed by atoms with Crippen molar-refractivity contribution in [3.05, 3.63) is 23.1 Å². The van der Waals surface area contributed by atoms with Crippen molar-refractivity contribution >= 4 is 0 Å². The molecule has 6 heteroatoms. The molecule has 2 N–H and O–H groups in total. The molecule has 0 radical (unpaired) electrons. The molecule has 0 bridgehead atoms. The largest absolute Gasteiger partial charge is 0.479 e. The van der Waals surface area contributed by atoms with Crippen LogP contribution in [0.2, 0.25) is 0 Å². The quantitative estimate of drug-likeness (QED) is 0.817. The number of rotatable bonds is 3. The monoisotopic (exact) mass is 206 g/mol. The van der Waals surface area contributed by atoms with Crippen molar-refractivity contribution in [2.75, 3.05) is 7.11 Å². The van der Waals surface area contributed by atoms with Gasteiger partial charge >= 0.3 is 0 Å². The molecule has 0 fully saturated rings. The highest BCUT2D eigenvalue weighted by Gasteiger charge is 2.18. The molecule has 0 saturated carbocycles. The van der Waals surface area contributed by atoms with Crippen LogP contribution in [0.5, 0.6) is 5.88 Å². The summed E-state index contributed by atoms with van der Waals surface area (Å²) >= 11 is 0. The van der Waals surface area contributed by atoms with Crippen molar-refractivity contribution in [2.24, 2.45) is 5.73 Å². The molecule has 0 amide bonds. The molecule has 0 unspecified atom stereocenters. The van der Waals surface area contributed by atoms with Gasteiger partial charge in [0, 0.05) is 6.54 Å². The summed E-state index contributed by atoms with van der Waals surface area (Å²) in [7, 11) is 1.16. The third-order valence-electron chi connectivity index (χ3n) is 1.68. The summed E-state index contributed by atoms with van der Waals surface area (Å²) in [5.41, 5.74) is 4.62. The normalized spacial score (nSPS) is 10.7. The van der Waals surface area contributed by atoms with Gasteiger partial charge in [-0.3, -0.25) is 0 Å². The molecule has 3 nitrogen and oxygen atoms in total. The summed E-state index contributed by atoms with van der Waals surface area (Å²) in [6.45, 7) is -0.187. The molecule has 0 aromatic carbocycles. The van der Waals surface area contributed by atoms with E-state index in [1.807, 2.05) is 0 Å². The van der Waals surface area contributed by atoms with Crippen LogP contribution in [0.1, 0.15) is 17.7 Å². The van der Waals surface area contributed by atoms with E-state index in [1.165, 1.54) is 0 Å². The van der Waals surface area contributed by atoms with Gasteiger partial charge in [0.15, 0.2) is 5.82 Å². The lowest BCUT2D eigenvalue weighted by atomic mass is 10.2. The maximum absolute atomic E-state index is 13.0. The predicted octanol–water partition coefficient (Wildman–Crippen LogP) is 1.63. The van der Waals surface area contributed by atoms with Gasteiger partial charge in [-0.25, -0.2) is 18.2 Å². The Morgan fingerprint density at radius 2 is 2.21 bits per heavy atom. The summed E-state index contributed by atoms with van der Waals surface area (Å²) in [4.78, 5) is 3.33. The number of methoxy groups -OCH3 is 1. The maximum atomic E-state index is 13.0. The fourth-order valence-electron chi connectivity index (χ4n) is 1.02. The van der Waals surface area contributed by atoms with Crippen molar-refractivity contribution in [1.29, 1.82) is 0 Å². The molecule has 0 saturated heterocycles. The number of hydrogen-bond acceptors (Lipinski definition) is 3. The molecular weight excluding hydrogens is 197 g/mol. The number of nitrogens with two attached hydrogens (primary N) is 1. The molecule has 14 heavy (non-hydrogen) atoms. The van der Waals surface area contributed by atoms with Crippen LogP contribution in [0.3, 0.4) is 0 Å². The molecule has 0 spiro atoms. The Morgan fingerprint density at radius 1 is 1.57 bits per heavy atom. The van der Waals surface area contributed by atoms with Gasteiger partial charge in [-0.15, -0.1) is 0 Å². The average molecular weight is 206 g/mol. The molecule has 1 heterocycles. The minimum atomic E-state index is -2.79. The summed E-state index contributed by atoms with van der Waals surface area (Å²) in [5, 5.41) is 0. The fraction of sp³-hybridized carbons (Fsp3) is 0.375. The van der Waals surface area contributed by atoms with Crippen LogP contribution < -0.4 is 10.5 Å². The second-order valence-corrected chi connectivity index (χ2v) is 2.53. The smallest absolute Gasteiger partial charge is 0.280 e. The van der Waals surface area contributed by atoms with E-state index in [-0.39, 0.29) is 12.1 Å². The molecule has 0 atom stereocenters. The summed E-state index contributed by atoms with van der Waals surface area (Å²) in [6, 6.07) is 0.910. The van der Waals surface area contributed by atoms with Crippen LogP contribution in [-0.2, 0) is 6.54 Å². The van der Waals surface area contributed by atoms with Gasteiger partial charge in [-0.1, -0.05) is 0 Å². The van der Waals surface area contributed by atoms with Crippen molar-refractivity contribution in [2.45, 2.75) is 13.0 Å². The number of alkyl halides is 2. The van der Waals surface area contributed by atoms with E-state index in [4.69, 9.17) is 5.73 Å². The van der Waals surface area contributed by atoms with Gasteiger partial charge in [-0.05, 0) is 11.6 Å². The van der Waals surface area contributed by atoms with Crippen molar-refractivity contribution in [1.82, 2.24) is 4.98 Å². The second-order valence-electron chi connectivity index (χ2n) is 2.53. The standard InChI is InChI=1S/C8H9F3N2O/c1-14-8-5(9)2-4(3-12)6(13-8)7(10)11/h2,7H,3,12H2,1H3. The predicted molar refractivity (Wildman–Crippen MR) is 43.6 cm³/mol. The first-order chi connectivity index (χ1) is 6.60. The summed E-state index contributed by atoms with van der Waals surface area (Å²) < 4.78 is 42.2. The molecular formula is C8H9F3N2O. The van der Waals surface area contributed by atoms with Gasteiger partial charge < -0.3 is 10.5 Å². The lowest BCUT2D eigenvalue weighted by Crippen LogP contribution is -2.07. The minimum absolute atomic E-state index is 0.0155. The number of halogens is 3. The molecule has 78 valence electrons. The molecule has 1 aromatic heterocycles. The average Bonchev–Trinajstić information content (AvgIpc) is 2.16. The van der Waals surface area contributed by atoms with E-state index >= 15 is 0 Å². The van der Waals surface area contributed by atoms with Crippen molar-refractivity contribution in [3.8, 4) is 5.88 Å². The Kier molecular flexibility index (Phi) is 3.29. The lowest BCUT2D eigenvalue weighted by Gasteiger charge is -2.08. The zero-order valence-corrected chi connectivity index (χ0v) is 7.43. The molecule has 0 aliphatic rings. The molecule has 1 rings (SSSR count). The molecule has 1 aromatic rings. The van der Waals surface area contributed by atoms with Gasteiger partial charge in [-0.2, -0.15) is 0 Å². The first-order valence-electron chi connectivity index (χ1n) is 3.81. The highest BCUT2D eigenvalue weighted by atomic mass is 19.3. The van der Waals surface area contributed by atoms with Crippen LogP contribution in [0, 0.1) is 5.82 Å². The first kappa shape index (κ1) is 10.8. The van der Waals surface area contributed by atoms with Gasteiger partial charge in [0.05, 0.1) is 7.11 Å². The maximum Gasteiger partial charge on any atom is 0.280 e. The van der Waals surface area contributed by atoms with E-state index in [0.717, 1.165) is 13.2 Å². The first-order valence-corrected chi connectivity index (χ1v) is 3.81. The summed E-state index contributed by atoms with van der Waals surface area (Å²) in [5.74, 6) is -1.24. The van der Waals surface area contributed by atoms with E-state index in [0.29, 0.717) is 0 Å². The van der Waals surface area contributed by atoms with E-state index in [2.05, 4.69) is 9.72 Å². The number of ether oxygens (including phenoxy) is 1. The fourth-order valence-corrected chi connectivity index (χ4v) is 1.02. The second kappa shape index (κ2) is 4.28. The van der Waals surface area contributed by atoms with Crippen LogP contribution >= 0.6 is 0 Å². The Bertz CT molecular complexity index is 331. The van der Waals surface area contributed by atoms with E-state index < -0.39 is 23.8 Å². The Hall–Kier alpha value is -1.30. The van der Waals surface area contributed by atoms with Crippen LogP contribution in [0.25, 0.3) is 0 Å². The Balaban J connectivity index is 3.25. The third-order valence-corrected chi connectivity index (χ3v) is 1.68. The van der Waals surface area contributed by atoms with Crippen molar-refractivity contribution < 1.29 is 17.9 Å². The number of nitrogens with zero attached hydrogens (tertiary/aromatic N) is 1. The van der Waals surface area contributed by atoms with Crippen molar-refractivity contribution in [3.63, 3.8) is 0 Å². The highest BCUT2D eigenvalue weighted by Crippen LogP contribution is 2.25. The van der Waals surface area contributed by atoms with Gasteiger partial charge in [0.2, 0.25) is 0 Å². The highest BCUT2D eigenvalue weighted by molar-refractivity contribution is 5.28. The van der Waals surface area contributed by atoms with Crippen LogP contribution in [0.4, 0.5) is 13.2 Å². The Morgan fingerprint density at radius 3 is 2.64 bits per heavy atom. The zero-order chi connectivity index (χ0) is 10.7. The number of hydrogen-bond donors (Lipinski definition) is 1. The van der Waals surface area contributed by atoms with Crippen LogP contribution in [-0.4, -0.2) is 12.1 Å². The zero-order valence-electron chi connectivity index (χ0n) is 7.43. The SMILES string of the molecule is COc1nc(C(F)F)c(CN)cc1F. The topological polar surface area (TPSA) is 48.1 Å². The van der Waals surface area contributed by atoms with E-state index in [1.54, 1.807) is 0 Å². The van der Waals surface area contributed by atoms with Gasteiger partial charge in [0.25, 0.3) is 12.3 Å². The molecule has 0 aliphatic heterocycles. The summed E-state index contributed by atoms with van der Waals surface area (Å²) in [6.07, 6.45) is -2.79. The lowest BCUT2D eigenvalue weighted by molar-refractivity contribution is 0.143. The number of pyridine rings is 1. The minimum Gasteiger partial charge on any atom is -0.479 e. The molecule has 0 aliphatic carbocycles. The van der Waals surface area contributed by atoms with Crippen LogP contribution in [0.15, 0.2) is 6.07 Å². The number of aromatic nitrogens is 1.